The van der Waals surface area contributed by atoms with E-state index >= 15 is 0 Å². The first kappa shape index (κ1) is 31.4. The molecular weight excluding hydrogens is 598 g/mol. The minimum absolute atomic E-state index is 0.0925. The van der Waals surface area contributed by atoms with Crippen LogP contribution in [0.5, 0.6) is 5.75 Å². The summed E-state index contributed by atoms with van der Waals surface area (Å²) in [6.45, 7) is 7.10. The summed E-state index contributed by atoms with van der Waals surface area (Å²) in [4.78, 5) is 43.2. The highest BCUT2D eigenvalue weighted by Gasteiger charge is 2.32. The van der Waals surface area contributed by atoms with E-state index in [2.05, 4.69) is 25.5 Å². The summed E-state index contributed by atoms with van der Waals surface area (Å²) < 4.78 is 62.1. The molecule has 0 saturated carbocycles. The van der Waals surface area contributed by atoms with Crippen molar-refractivity contribution in [2.45, 2.75) is 65.1 Å². The zero-order valence-electron chi connectivity index (χ0n) is 24.7. The van der Waals surface area contributed by atoms with Crippen LogP contribution in [0.25, 0.3) is 5.65 Å². The van der Waals surface area contributed by atoms with E-state index in [0.29, 0.717) is 24.0 Å². The van der Waals surface area contributed by atoms with E-state index in [1.807, 2.05) is 6.92 Å². The Balaban J connectivity index is 1.33. The van der Waals surface area contributed by atoms with Gasteiger partial charge in [0.2, 0.25) is 0 Å². The van der Waals surface area contributed by atoms with Crippen molar-refractivity contribution in [3.8, 4) is 5.75 Å². The molecule has 236 valence electrons. The van der Waals surface area contributed by atoms with Crippen molar-refractivity contribution in [3.63, 3.8) is 0 Å². The Labute approximate surface area is 254 Å². The van der Waals surface area contributed by atoms with Crippen LogP contribution in [0.4, 0.5) is 17.6 Å². The van der Waals surface area contributed by atoms with E-state index < -0.39 is 47.4 Å². The van der Waals surface area contributed by atoms with Crippen LogP contribution < -0.4 is 15.4 Å². The number of fused-ring (bicyclic) bond motifs is 2. The van der Waals surface area contributed by atoms with Gasteiger partial charge in [-0.3, -0.25) is 9.59 Å². The second-order valence-corrected chi connectivity index (χ2v) is 11.5. The van der Waals surface area contributed by atoms with Gasteiger partial charge in [-0.1, -0.05) is 18.2 Å². The number of benzene rings is 2. The van der Waals surface area contributed by atoms with E-state index in [4.69, 9.17) is 4.74 Å². The van der Waals surface area contributed by atoms with Gasteiger partial charge in [0.1, 0.15) is 22.7 Å². The Bertz CT molecular complexity index is 1800. The monoisotopic (exact) mass is 627 g/mol. The average molecular weight is 628 g/mol. The number of alkyl halides is 3. The number of carbonyl (C=O) groups excluding carboxylic acids is 3. The quantitative estimate of drug-likeness (QED) is 0.208. The fourth-order valence-electron chi connectivity index (χ4n) is 5.11. The molecule has 1 aliphatic rings. The maximum absolute atomic E-state index is 14.6. The van der Waals surface area contributed by atoms with Crippen LogP contribution in [0, 0.1) is 12.7 Å². The van der Waals surface area contributed by atoms with E-state index in [1.54, 1.807) is 32.9 Å². The number of nitrogens with zero attached hydrogens (tertiary/aromatic N) is 3. The molecule has 1 aliphatic carbocycles. The maximum Gasteiger partial charge on any atom is 0.573 e. The van der Waals surface area contributed by atoms with Gasteiger partial charge in [0.15, 0.2) is 11.5 Å². The van der Waals surface area contributed by atoms with E-state index in [1.165, 1.54) is 18.2 Å². The lowest BCUT2D eigenvalue weighted by atomic mass is 9.97. The first-order valence-corrected chi connectivity index (χ1v) is 13.9. The number of rotatable bonds is 7. The van der Waals surface area contributed by atoms with Crippen molar-refractivity contribution in [3.05, 3.63) is 93.7 Å². The zero-order valence-corrected chi connectivity index (χ0v) is 24.7. The minimum Gasteiger partial charge on any atom is -0.456 e. The van der Waals surface area contributed by atoms with E-state index in [9.17, 15) is 31.9 Å². The summed E-state index contributed by atoms with van der Waals surface area (Å²) in [5.41, 5.74) is 2.01. The van der Waals surface area contributed by atoms with Crippen molar-refractivity contribution in [2.75, 3.05) is 0 Å². The van der Waals surface area contributed by atoms with E-state index in [-0.39, 0.29) is 23.6 Å². The summed E-state index contributed by atoms with van der Waals surface area (Å²) in [7, 11) is 0. The predicted octanol–water partition coefficient (Wildman–Crippen LogP) is 5.38. The molecule has 2 amide bonds. The summed E-state index contributed by atoms with van der Waals surface area (Å²) in [6, 6.07) is 9.07. The van der Waals surface area contributed by atoms with Gasteiger partial charge in [0, 0.05) is 12.6 Å². The number of amides is 2. The Morgan fingerprint density at radius 1 is 1.04 bits per heavy atom. The maximum atomic E-state index is 14.6. The molecule has 0 bridgehead atoms. The summed E-state index contributed by atoms with van der Waals surface area (Å²) in [6.07, 6.45) is -2.82. The number of ether oxygens (including phenoxy) is 2. The fourth-order valence-corrected chi connectivity index (χ4v) is 5.11. The van der Waals surface area contributed by atoms with Crippen LogP contribution >= 0.6 is 0 Å². The topological polar surface area (TPSA) is 124 Å². The summed E-state index contributed by atoms with van der Waals surface area (Å²) in [5, 5.41) is 9.39. The normalized spacial score (nSPS) is 14.6. The van der Waals surface area contributed by atoms with Crippen molar-refractivity contribution in [1.82, 2.24) is 25.2 Å². The van der Waals surface area contributed by atoms with Crippen LogP contribution in [0.2, 0.25) is 0 Å². The summed E-state index contributed by atoms with van der Waals surface area (Å²) in [5.74, 6) is -3.09. The van der Waals surface area contributed by atoms with Crippen LogP contribution in [-0.2, 0) is 17.7 Å². The van der Waals surface area contributed by atoms with Gasteiger partial charge in [-0.15, -0.1) is 13.2 Å². The van der Waals surface area contributed by atoms with Crippen LogP contribution in [0.1, 0.15) is 86.8 Å². The minimum atomic E-state index is -4.83. The van der Waals surface area contributed by atoms with Crippen LogP contribution in [-0.4, -0.2) is 44.3 Å². The predicted molar refractivity (Wildman–Crippen MR) is 152 cm³/mol. The molecule has 0 radical (unpaired) electrons. The van der Waals surface area contributed by atoms with Gasteiger partial charge < -0.3 is 20.1 Å². The first-order chi connectivity index (χ1) is 21.1. The highest BCUT2D eigenvalue weighted by atomic mass is 19.4. The second-order valence-electron chi connectivity index (χ2n) is 11.5. The first-order valence-electron chi connectivity index (χ1n) is 13.9. The number of halogens is 4. The highest BCUT2D eigenvalue weighted by molar-refractivity contribution is 5.98. The van der Waals surface area contributed by atoms with Gasteiger partial charge in [-0.2, -0.15) is 5.10 Å². The number of aromatic nitrogens is 3. The van der Waals surface area contributed by atoms with Crippen molar-refractivity contribution >= 4 is 23.4 Å². The molecule has 0 spiro atoms. The molecular formula is C31H29F4N5O5. The molecule has 2 aromatic heterocycles. The molecule has 10 nitrogen and oxygen atoms in total. The lowest BCUT2D eigenvalue weighted by molar-refractivity contribution is -0.274. The third kappa shape index (κ3) is 7.05. The van der Waals surface area contributed by atoms with Crippen LogP contribution in [0.3, 0.4) is 0 Å². The van der Waals surface area contributed by atoms with Gasteiger partial charge in [0.05, 0.1) is 17.8 Å². The van der Waals surface area contributed by atoms with Gasteiger partial charge >= 0.3 is 12.3 Å². The Morgan fingerprint density at radius 3 is 2.42 bits per heavy atom. The number of hydrogen-bond donors (Lipinski definition) is 2. The second kappa shape index (κ2) is 11.8. The van der Waals surface area contributed by atoms with Gasteiger partial charge in [0.25, 0.3) is 11.8 Å². The zero-order chi connectivity index (χ0) is 32.7. The van der Waals surface area contributed by atoms with E-state index in [0.717, 1.165) is 39.5 Å². The largest absolute Gasteiger partial charge is 0.573 e. The molecule has 0 aliphatic heterocycles. The molecule has 14 heteroatoms. The molecule has 0 unspecified atom stereocenters. The highest BCUT2D eigenvalue weighted by Crippen LogP contribution is 2.35. The van der Waals surface area contributed by atoms with Gasteiger partial charge in [-0.05, 0) is 81.0 Å². The third-order valence-electron chi connectivity index (χ3n) is 7.12. The third-order valence-corrected chi connectivity index (χ3v) is 7.12. The molecule has 0 fully saturated rings. The molecule has 2 N–H and O–H groups in total. The number of hydrogen-bond acceptors (Lipinski definition) is 7. The van der Waals surface area contributed by atoms with Crippen molar-refractivity contribution in [1.29, 1.82) is 0 Å². The van der Waals surface area contributed by atoms with Crippen molar-refractivity contribution < 1.29 is 41.4 Å². The smallest absolute Gasteiger partial charge is 0.456 e. The number of esters is 1. The van der Waals surface area contributed by atoms with Crippen LogP contribution in [0.15, 0.2) is 48.7 Å². The Kier molecular flexibility index (Phi) is 8.25. The molecule has 1 atom stereocenters. The molecule has 4 aromatic rings. The molecule has 2 aromatic carbocycles. The average Bonchev–Trinajstić information content (AvgIpc) is 3.54. The molecule has 2 heterocycles. The number of carbonyl (C=O) groups is 3. The fraction of sp³-hybridized carbons (Fsp3) is 0.323. The Hall–Kier alpha value is -5.01. The lowest BCUT2D eigenvalue weighted by Crippen LogP contribution is -2.31. The Morgan fingerprint density at radius 2 is 1.76 bits per heavy atom. The summed E-state index contributed by atoms with van der Waals surface area (Å²) >= 11 is 0. The number of nitrogens with one attached hydrogen (secondary N) is 2. The SMILES string of the molecule is Cc1c(C(=O)OC(C)(C)C)ccc2c1CC[C@@H]2NC(=O)c1cc(C(=O)NCc2ccc(OC(F)(F)F)cc2)nc2c(F)cnn12. The molecule has 45 heavy (non-hydrogen) atoms. The van der Waals surface area contributed by atoms with Gasteiger partial charge in [-0.25, -0.2) is 18.7 Å². The molecule has 5 rings (SSSR count). The standard InChI is InChI=1S/C31H29F4N5O5/c1-16-19-11-12-23(21(19)10-9-20(16)29(43)45-30(2,3)4)39-28(42)25-13-24(38-26-22(32)15-37-40(25)26)27(41)36-14-17-5-7-18(8-6-17)44-31(33,34)35/h5-10,13,15,23H,11-12,14H2,1-4H3,(H,36,41)(H,39,42)/t23-/m0/s1. The molecule has 0 saturated heterocycles. The lowest BCUT2D eigenvalue weighted by Gasteiger charge is -2.21. The van der Waals surface area contributed by atoms with Crippen molar-refractivity contribution in [2.24, 2.45) is 0 Å².